The van der Waals surface area contributed by atoms with Gasteiger partial charge in [-0.1, -0.05) is 42.5 Å². The minimum Gasteiger partial charge on any atom is -0.463 e. The number of rotatable bonds is 10. The average molecular weight is 409 g/mol. The van der Waals surface area contributed by atoms with Crippen LogP contribution in [0, 0.1) is 0 Å². The van der Waals surface area contributed by atoms with Gasteiger partial charge in [-0.05, 0) is 43.4 Å². The molecule has 1 aliphatic heterocycles. The van der Waals surface area contributed by atoms with Crippen molar-refractivity contribution in [2.75, 3.05) is 13.2 Å². The molecule has 156 valence electrons. The van der Waals surface area contributed by atoms with Crippen molar-refractivity contribution in [1.82, 2.24) is 5.32 Å². The highest BCUT2D eigenvalue weighted by Gasteiger charge is 2.30. The van der Waals surface area contributed by atoms with Gasteiger partial charge in [-0.15, -0.1) is 0 Å². The van der Waals surface area contributed by atoms with E-state index in [1.807, 2.05) is 30.3 Å². The molecule has 1 atom stereocenters. The number of Topliss-reactive ketones (excluding diaryl/α,β-unsaturated/α-hetero) is 1. The molecule has 2 aromatic carbocycles. The van der Waals surface area contributed by atoms with Gasteiger partial charge in [0.15, 0.2) is 5.78 Å². The van der Waals surface area contributed by atoms with Crippen molar-refractivity contribution >= 4 is 23.6 Å². The van der Waals surface area contributed by atoms with Crippen molar-refractivity contribution in [3.05, 3.63) is 70.8 Å². The lowest BCUT2D eigenvalue weighted by Gasteiger charge is -2.15. The van der Waals surface area contributed by atoms with Crippen molar-refractivity contribution in [3.8, 4) is 0 Å². The first-order chi connectivity index (χ1) is 14.5. The first kappa shape index (κ1) is 21.4. The SMILES string of the molecule is CC(=O)C(OCCc1cccc2c1C(=O)NC2=O)C(=O)OCCCc1ccccc1. The van der Waals surface area contributed by atoms with E-state index in [-0.39, 0.29) is 19.6 Å². The molecule has 0 aromatic heterocycles. The van der Waals surface area contributed by atoms with Crippen molar-refractivity contribution in [2.45, 2.75) is 32.3 Å². The number of hydrogen-bond acceptors (Lipinski definition) is 6. The summed E-state index contributed by atoms with van der Waals surface area (Å²) in [6, 6.07) is 14.8. The predicted molar refractivity (Wildman–Crippen MR) is 108 cm³/mol. The minimum absolute atomic E-state index is 0.0291. The van der Waals surface area contributed by atoms with Crippen LogP contribution in [0.4, 0.5) is 0 Å². The number of carbonyl (C=O) groups is 4. The van der Waals surface area contributed by atoms with Crippen molar-refractivity contribution < 1.29 is 28.7 Å². The van der Waals surface area contributed by atoms with Crippen LogP contribution >= 0.6 is 0 Å². The van der Waals surface area contributed by atoms with Gasteiger partial charge in [0.05, 0.1) is 24.3 Å². The second-order valence-electron chi connectivity index (χ2n) is 6.99. The highest BCUT2D eigenvalue weighted by atomic mass is 16.6. The molecule has 1 unspecified atom stereocenters. The molecule has 30 heavy (non-hydrogen) atoms. The van der Waals surface area contributed by atoms with Gasteiger partial charge in [0.2, 0.25) is 6.10 Å². The summed E-state index contributed by atoms with van der Waals surface area (Å²) in [6.45, 7) is 1.48. The topological polar surface area (TPSA) is 98.8 Å². The van der Waals surface area contributed by atoms with Gasteiger partial charge in [0, 0.05) is 0 Å². The standard InChI is InChI=1S/C23H23NO6/c1-15(25)20(23(28)30-13-6-9-16-7-3-2-4-8-16)29-14-12-17-10-5-11-18-19(17)22(27)24-21(18)26/h2-5,7-8,10-11,20H,6,9,12-14H2,1H3,(H,24,26,27). The van der Waals surface area contributed by atoms with Crippen molar-refractivity contribution in [1.29, 1.82) is 0 Å². The Hall–Kier alpha value is -3.32. The van der Waals surface area contributed by atoms with Crippen LogP contribution in [0.15, 0.2) is 48.5 Å². The summed E-state index contributed by atoms with van der Waals surface area (Å²) < 4.78 is 10.7. The monoisotopic (exact) mass is 409 g/mol. The molecule has 0 spiro atoms. The number of benzene rings is 2. The Bertz CT molecular complexity index is 953. The third kappa shape index (κ3) is 5.18. The van der Waals surface area contributed by atoms with Crippen LogP contribution in [-0.2, 0) is 31.9 Å². The van der Waals surface area contributed by atoms with Gasteiger partial charge >= 0.3 is 5.97 Å². The largest absolute Gasteiger partial charge is 0.463 e. The zero-order chi connectivity index (χ0) is 21.5. The Morgan fingerprint density at radius 1 is 0.933 bits per heavy atom. The molecule has 0 radical (unpaired) electrons. The molecule has 0 fully saturated rings. The maximum Gasteiger partial charge on any atom is 0.343 e. The second kappa shape index (κ2) is 9.93. The number of ether oxygens (including phenoxy) is 2. The molecular weight excluding hydrogens is 386 g/mol. The summed E-state index contributed by atoms with van der Waals surface area (Å²) in [4.78, 5) is 47.8. The number of nitrogens with one attached hydrogen (secondary N) is 1. The van der Waals surface area contributed by atoms with Gasteiger partial charge in [-0.3, -0.25) is 19.7 Å². The van der Waals surface area contributed by atoms with Crippen LogP contribution in [0.2, 0.25) is 0 Å². The quantitative estimate of drug-likeness (QED) is 0.280. The van der Waals surface area contributed by atoms with Gasteiger partial charge in [-0.2, -0.15) is 0 Å². The number of hydrogen-bond donors (Lipinski definition) is 1. The predicted octanol–water partition coefficient (Wildman–Crippen LogP) is 2.26. The highest BCUT2D eigenvalue weighted by molar-refractivity contribution is 6.22. The zero-order valence-corrected chi connectivity index (χ0v) is 16.7. The lowest BCUT2D eigenvalue weighted by molar-refractivity contribution is -0.161. The summed E-state index contributed by atoms with van der Waals surface area (Å²) >= 11 is 0. The van der Waals surface area contributed by atoms with Crippen molar-refractivity contribution in [3.63, 3.8) is 0 Å². The molecule has 7 nitrogen and oxygen atoms in total. The number of aryl methyl sites for hydroxylation is 1. The number of imide groups is 1. The van der Waals surface area contributed by atoms with Crippen LogP contribution in [0.5, 0.6) is 0 Å². The number of ketones is 1. The fraction of sp³-hybridized carbons (Fsp3) is 0.304. The third-order valence-electron chi connectivity index (χ3n) is 4.79. The first-order valence-corrected chi connectivity index (χ1v) is 9.77. The molecule has 2 amide bonds. The van der Waals surface area contributed by atoms with Crippen molar-refractivity contribution in [2.24, 2.45) is 0 Å². The maximum atomic E-state index is 12.2. The maximum absolute atomic E-state index is 12.2. The van der Waals surface area contributed by atoms with E-state index in [0.29, 0.717) is 23.1 Å². The Morgan fingerprint density at radius 2 is 1.70 bits per heavy atom. The van der Waals surface area contributed by atoms with Gasteiger partial charge < -0.3 is 9.47 Å². The minimum atomic E-state index is -1.31. The molecule has 0 saturated carbocycles. The van der Waals surface area contributed by atoms with Gasteiger partial charge in [0.1, 0.15) is 0 Å². The normalized spacial score (nSPS) is 13.5. The van der Waals surface area contributed by atoms with E-state index in [0.717, 1.165) is 12.0 Å². The third-order valence-corrected chi connectivity index (χ3v) is 4.79. The zero-order valence-electron chi connectivity index (χ0n) is 16.7. The van der Waals surface area contributed by atoms with E-state index in [1.54, 1.807) is 18.2 Å². The van der Waals surface area contributed by atoms with E-state index in [2.05, 4.69) is 5.32 Å². The summed E-state index contributed by atoms with van der Waals surface area (Å²) in [6.07, 6.45) is 0.364. The number of amides is 2. The fourth-order valence-electron chi connectivity index (χ4n) is 3.31. The fourth-order valence-corrected chi connectivity index (χ4v) is 3.31. The molecule has 0 bridgehead atoms. The van der Waals surface area contributed by atoms with Crippen LogP contribution in [0.25, 0.3) is 0 Å². The number of carbonyl (C=O) groups excluding carboxylic acids is 4. The Labute approximate surface area is 174 Å². The Morgan fingerprint density at radius 3 is 2.43 bits per heavy atom. The second-order valence-corrected chi connectivity index (χ2v) is 6.99. The van der Waals surface area contributed by atoms with Gasteiger partial charge in [0.25, 0.3) is 11.8 Å². The number of fused-ring (bicyclic) bond motifs is 1. The summed E-state index contributed by atoms with van der Waals surface area (Å²) in [7, 11) is 0. The Kier molecular flexibility index (Phi) is 7.08. The lowest BCUT2D eigenvalue weighted by Crippen LogP contribution is -2.34. The van der Waals surface area contributed by atoms with Crippen LogP contribution < -0.4 is 5.32 Å². The molecule has 0 aliphatic carbocycles. The summed E-state index contributed by atoms with van der Waals surface area (Å²) in [5.41, 5.74) is 2.40. The van der Waals surface area contributed by atoms with E-state index in [1.165, 1.54) is 6.92 Å². The van der Waals surface area contributed by atoms with E-state index in [4.69, 9.17) is 9.47 Å². The molecule has 1 N–H and O–H groups in total. The average Bonchev–Trinajstić information content (AvgIpc) is 3.03. The molecule has 1 aliphatic rings. The molecular formula is C23H23NO6. The van der Waals surface area contributed by atoms with E-state index < -0.39 is 29.7 Å². The van der Waals surface area contributed by atoms with Gasteiger partial charge in [-0.25, -0.2) is 4.79 Å². The molecule has 7 heteroatoms. The first-order valence-electron chi connectivity index (χ1n) is 9.77. The molecule has 0 saturated heterocycles. The van der Waals surface area contributed by atoms with Crippen LogP contribution in [0.1, 0.15) is 45.2 Å². The number of esters is 1. The smallest absolute Gasteiger partial charge is 0.343 e. The summed E-state index contributed by atoms with van der Waals surface area (Å²) in [5, 5.41) is 2.25. The molecule has 3 rings (SSSR count). The Balaban J connectivity index is 1.49. The molecule has 1 heterocycles. The highest BCUT2D eigenvalue weighted by Crippen LogP contribution is 2.20. The van der Waals surface area contributed by atoms with Crippen LogP contribution in [-0.4, -0.2) is 42.9 Å². The van der Waals surface area contributed by atoms with E-state index in [9.17, 15) is 19.2 Å². The van der Waals surface area contributed by atoms with E-state index >= 15 is 0 Å². The summed E-state index contributed by atoms with van der Waals surface area (Å²) in [5.74, 6) is -2.05. The van der Waals surface area contributed by atoms with Crippen LogP contribution in [0.3, 0.4) is 0 Å². The molecule has 2 aromatic rings. The lowest BCUT2D eigenvalue weighted by atomic mass is 10.0.